The van der Waals surface area contributed by atoms with Gasteiger partial charge >= 0.3 is 11.7 Å². The molecule has 2 rings (SSSR count). The molecule has 1 aromatic carbocycles. The second-order valence-corrected chi connectivity index (χ2v) is 4.48. The van der Waals surface area contributed by atoms with E-state index in [1.54, 1.807) is 24.3 Å². The number of pyridine rings is 1. The lowest BCUT2D eigenvalue weighted by atomic mass is 10.3. The predicted octanol–water partition coefficient (Wildman–Crippen LogP) is 1.77. The molecular formula is C14H11ClN2O4. The summed E-state index contributed by atoms with van der Waals surface area (Å²) in [6.07, 6.45) is 1.17. The molecule has 1 N–H and O–H groups in total. The Hall–Kier alpha value is -2.60. The summed E-state index contributed by atoms with van der Waals surface area (Å²) in [6, 6.07) is 10.9. The molecule has 1 amide bonds. The number of amides is 1. The molecule has 0 fully saturated rings. The number of aromatic nitrogens is 1. The first-order chi connectivity index (χ1) is 10.1. The Kier molecular flexibility index (Phi) is 4.73. The summed E-state index contributed by atoms with van der Waals surface area (Å²) in [4.78, 5) is 23.3. The zero-order chi connectivity index (χ0) is 15.2. The van der Waals surface area contributed by atoms with E-state index >= 15 is 0 Å². The van der Waals surface area contributed by atoms with Crippen molar-refractivity contribution in [3.8, 4) is 0 Å². The van der Waals surface area contributed by atoms with E-state index in [0.29, 0.717) is 15.4 Å². The fourth-order valence-corrected chi connectivity index (χ4v) is 1.74. The lowest BCUT2D eigenvalue weighted by Crippen LogP contribution is -2.35. The second-order valence-electron chi connectivity index (χ2n) is 4.05. The molecule has 108 valence electrons. The van der Waals surface area contributed by atoms with E-state index in [0.717, 1.165) is 0 Å². The van der Waals surface area contributed by atoms with Crippen LogP contribution in [0.5, 0.6) is 0 Å². The molecule has 7 heteroatoms. The molecule has 0 aliphatic carbocycles. The first-order valence-electron chi connectivity index (χ1n) is 5.97. The van der Waals surface area contributed by atoms with E-state index < -0.39 is 18.5 Å². The Morgan fingerprint density at radius 2 is 2.05 bits per heavy atom. The van der Waals surface area contributed by atoms with Crippen molar-refractivity contribution >= 4 is 29.2 Å². The highest BCUT2D eigenvalue weighted by atomic mass is 35.5. The second kappa shape index (κ2) is 6.71. The first-order valence-corrected chi connectivity index (χ1v) is 6.35. The number of anilines is 1. The van der Waals surface area contributed by atoms with Crippen molar-refractivity contribution in [2.24, 2.45) is 0 Å². The molecule has 0 unspecified atom stereocenters. The lowest BCUT2D eigenvalue weighted by Gasteiger charge is -2.07. The Morgan fingerprint density at radius 1 is 1.24 bits per heavy atom. The minimum atomic E-state index is -0.869. The SMILES string of the molecule is O=C(COC(=O)c1cccc[n+]1[O-])Nc1cccc(Cl)c1. The number of benzene rings is 1. The molecule has 0 bridgehead atoms. The predicted molar refractivity (Wildman–Crippen MR) is 75.8 cm³/mol. The van der Waals surface area contributed by atoms with E-state index in [9.17, 15) is 14.8 Å². The number of esters is 1. The Morgan fingerprint density at radius 3 is 2.76 bits per heavy atom. The van der Waals surface area contributed by atoms with Crippen LogP contribution in [0.4, 0.5) is 5.69 Å². The van der Waals surface area contributed by atoms with Crippen LogP contribution in [0, 0.1) is 5.21 Å². The van der Waals surface area contributed by atoms with Gasteiger partial charge in [-0.1, -0.05) is 17.7 Å². The van der Waals surface area contributed by atoms with Crippen LogP contribution < -0.4 is 10.0 Å². The number of carbonyl (C=O) groups excluding carboxylic acids is 2. The highest BCUT2D eigenvalue weighted by Gasteiger charge is 2.18. The van der Waals surface area contributed by atoms with E-state index in [1.165, 1.54) is 24.4 Å². The van der Waals surface area contributed by atoms with Gasteiger partial charge in [-0.15, -0.1) is 0 Å². The third kappa shape index (κ3) is 4.19. The van der Waals surface area contributed by atoms with Crippen LogP contribution in [-0.4, -0.2) is 18.5 Å². The lowest BCUT2D eigenvalue weighted by molar-refractivity contribution is -0.608. The number of carbonyl (C=O) groups is 2. The molecular weight excluding hydrogens is 296 g/mol. The fourth-order valence-electron chi connectivity index (χ4n) is 1.55. The number of hydrogen-bond acceptors (Lipinski definition) is 4. The van der Waals surface area contributed by atoms with Crippen LogP contribution >= 0.6 is 11.6 Å². The molecule has 0 saturated heterocycles. The standard InChI is InChI=1S/C14H11ClN2O4/c15-10-4-3-5-11(8-10)16-13(18)9-21-14(19)12-6-1-2-7-17(12)20/h1-8H,9H2,(H,16,18). The number of rotatable bonds is 4. The molecule has 0 aliphatic rings. The fraction of sp³-hybridized carbons (Fsp3) is 0.0714. The van der Waals surface area contributed by atoms with Gasteiger partial charge < -0.3 is 15.3 Å². The minimum absolute atomic E-state index is 0.187. The van der Waals surface area contributed by atoms with E-state index in [4.69, 9.17) is 16.3 Å². The van der Waals surface area contributed by atoms with Crippen LogP contribution in [0.2, 0.25) is 5.02 Å². The summed E-state index contributed by atoms with van der Waals surface area (Å²) < 4.78 is 5.14. The quantitative estimate of drug-likeness (QED) is 0.530. The van der Waals surface area contributed by atoms with Gasteiger partial charge in [0.05, 0.1) is 0 Å². The van der Waals surface area contributed by atoms with Gasteiger partial charge in [-0.05, 0) is 24.3 Å². The van der Waals surface area contributed by atoms with Gasteiger partial charge in [0.1, 0.15) is 0 Å². The van der Waals surface area contributed by atoms with Crippen molar-refractivity contribution in [2.45, 2.75) is 0 Å². The van der Waals surface area contributed by atoms with Crippen LogP contribution in [0.1, 0.15) is 10.5 Å². The molecule has 1 aromatic heterocycles. The molecule has 2 aromatic rings. The van der Waals surface area contributed by atoms with Gasteiger partial charge in [0, 0.05) is 22.8 Å². The number of nitrogens with zero attached hydrogens (tertiary/aromatic N) is 1. The summed E-state index contributed by atoms with van der Waals surface area (Å²) in [7, 11) is 0. The van der Waals surface area contributed by atoms with Crippen molar-refractivity contribution < 1.29 is 19.1 Å². The van der Waals surface area contributed by atoms with Crippen molar-refractivity contribution in [1.82, 2.24) is 0 Å². The van der Waals surface area contributed by atoms with Crippen LogP contribution in [-0.2, 0) is 9.53 Å². The molecule has 0 radical (unpaired) electrons. The van der Waals surface area contributed by atoms with Gasteiger partial charge in [-0.3, -0.25) is 4.79 Å². The molecule has 21 heavy (non-hydrogen) atoms. The maximum atomic E-state index is 11.6. The van der Waals surface area contributed by atoms with E-state index in [2.05, 4.69) is 5.32 Å². The number of ether oxygens (including phenoxy) is 1. The van der Waals surface area contributed by atoms with E-state index in [-0.39, 0.29) is 5.69 Å². The summed E-state index contributed by atoms with van der Waals surface area (Å²) in [5, 5.41) is 14.3. The average Bonchev–Trinajstić information content (AvgIpc) is 2.45. The average molecular weight is 307 g/mol. The number of hydrogen-bond donors (Lipinski definition) is 1. The van der Waals surface area contributed by atoms with Gasteiger partial charge in [0.2, 0.25) is 0 Å². The first kappa shape index (κ1) is 14.8. The molecule has 0 atom stereocenters. The Bertz CT molecular complexity index is 676. The minimum Gasteiger partial charge on any atom is -0.618 e. The zero-order valence-corrected chi connectivity index (χ0v) is 11.5. The molecule has 0 saturated carbocycles. The maximum absolute atomic E-state index is 11.6. The molecule has 6 nitrogen and oxygen atoms in total. The third-order valence-corrected chi connectivity index (χ3v) is 2.71. The number of halogens is 1. The van der Waals surface area contributed by atoms with Crippen molar-refractivity contribution in [3.05, 3.63) is 64.6 Å². The highest BCUT2D eigenvalue weighted by molar-refractivity contribution is 6.30. The molecule has 1 heterocycles. The van der Waals surface area contributed by atoms with Crippen molar-refractivity contribution in [2.75, 3.05) is 11.9 Å². The third-order valence-electron chi connectivity index (χ3n) is 2.48. The molecule has 0 aliphatic heterocycles. The summed E-state index contributed by atoms with van der Waals surface area (Å²) >= 11 is 5.78. The Balaban J connectivity index is 1.90. The van der Waals surface area contributed by atoms with Crippen molar-refractivity contribution in [3.63, 3.8) is 0 Å². The largest absolute Gasteiger partial charge is 0.618 e. The van der Waals surface area contributed by atoms with Gasteiger partial charge in [0.25, 0.3) is 5.91 Å². The maximum Gasteiger partial charge on any atom is 0.405 e. The summed E-state index contributed by atoms with van der Waals surface area (Å²) in [5.41, 5.74) is 0.301. The summed E-state index contributed by atoms with van der Waals surface area (Å²) in [6.45, 7) is -0.500. The normalized spacial score (nSPS) is 9.95. The van der Waals surface area contributed by atoms with Gasteiger partial charge in [-0.2, -0.15) is 4.73 Å². The van der Waals surface area contributed by atoms with Crippen LogP contribution in [0.25, 0.3) is 0 Å². The van der Waals surface area contributed by atoms with Crippen molar-refractivity contribution in [1.29, 1.82) is 0 Å². The van der Waals surface area contributed by atoms with Crippen LogP contribution in [0.3, 0.4) is 0 Å². The van der Waals surface area contributed by atoms with Crippen LogP contribution in [0.15, 0.2) is 48.7 Å². The van der Waals surface area contributed by atoms with E-state index in [1.807, 2.05) is 0 Å². The van der Waals surface area contributed by atoms with Gasteiger partial charge in [0.15, 0.2) is 12.8 Å². The monoisotopic (exact) mass is 306 g/mol. The number of nitrogens with one attached hydrogen (secondary N) is 1. The topological polar surface area (TPSA) is 82.3 Å². The highest BCUT2D eigenvalue weighted by Crippen LogP contribution is 2.14. The summed E-state index contributed by atoms with van der Waals surface area (Å²) in [5.74, 6) is -1.40. The van der Waals surface area contributed by atoms with Gasteiger partial charge in [-0.25, -0.2) is 4.79 Å². The smallest absolute Gasteiger partial charge is 0.405 e. The zero-order valence-electron chi connectivity index (χ0n) is 10.8. The Labute approximate surface area is 125 Å². The molecule has 0 spiro atoms.